The molecule has 1 aromatic rings. The standard InChI is InChI=1S/C18H25NO3/c1-3-12(2)17(18(21)22)19-16(20)11-13-8-9-14-6-4-5-7-15(14)10-13/h4-7,12-13,17H,3,8-11H2,1-2H3,(H,19,20)(H,21,22)/t12-,13?,17-/m0/s1. The summed E-state index contributed by atoms with van der Waals surface area (Å²) < 4.78 is 0. The van der Waals surface area contributed by atoms with E-state index in [2.05, 4.69) is 23.5 Å². The lowest BCUT2D eigenvalue weighted by Gasteiger charge is -2.25. The average Bonchev–Trinajstić information content (AvgIpc) is 2.51. The number of amides is 1. The van der Waals surface area contributed by atoms with E-state index >= 15 is 0 Å². The van der Waals surface area contributed by atoms with E-state index in [1.54, 1.807) is 0 Å². The van der Waals surface area contributed by atoms with E-state index in [1.807, 2.05) is 19.9 Å². The van der Waals surface area contributed by atoms with E-state index in [4.69, 9.17) is 0 Å². The number of benzene rings is 1. The van der Waals surface area contributed by atoms with Crippen molar-refractivity contribution in [1.82, 2.24) is 5.32 Å². The van der Waals surface area contributed by atoms with Crippen LogP contribution in [0.2, 0.25) is 0 Å². The Hall–Kier alpha value is -1.84. The van der Waals surface area contributed by atoms with Crippen molar-refractivity contribution in [2.75, 3.05) is 0 Å². The predicted octanol–water partition coefficient (Wildman–Crippen LogP) is 2.80. The number of carbonyl (C=O) groups is 2. The van der Waals surface area contributed by atoms with Crippen molar-refractivity contribution in [3.8, 4) is 0 Å². The van der Waals surface area contributed by atoms with Gasteiger partial charge in [-0.05, 0) is 42.2 Å². The first kappa shape index (κ1) is 16.5. The quantitative estimate of drug-likeness (QED) is 0.849. The number of hydrogen-bond acceptors (Lipinski definition) is 2. The number of aryl methyl sites for hydroxylation is 1. The van der Waals surface area contributed by atoms with Gasteiger partial charge in [-0.3, -0.25) is 4.79 Å². The molecule has 1 aromatic carbocycles. The Morgan fingerprint density at radius 3 is 2.64 bits per heavy atom. The lowest BCUT2D eigenvalue weighted by molar-refractivity contribution is -0.143. The summed E-state index contributed by atoms with van der Waals surface area (Å²) in [5.41, 5.74) is 2.70. The molecule has 22 heavy (non-hydrogen) atoms. The highest BCUT2D eigenvalue weighted by molar-refractivity contribution is 5.83. The second kappa shape index (κ2) is 7.43. The van der Waals surface area contributed by atoms with Gasteiger partial charge in [0, 0.05) is 6.42 Å². The molecule has 2 N–H and O–H groups in total. The maximum Gasteiger partial charge on any atom is 0.326 e. The fraction of sp³-hybridized carbons (Fsp3) is 0.556. The maximum atomic E-state index is 12.2. The molecule has 0 spiro atoms. The van der Waals surface area contributed by atoms with Gasteiger partial charge < -0.3 is 10.4 Å². The van der Waals surface area contributed by atoms with Crippen molar-refractivity contribution >= 4 is 11.9 Å². The van der Waals surface area contributed by atoms with Crippen LogP contribution in [-0.4, -0.2) is 23.0 Å². The molecule has 4 nitrogen and oxygen atoms in total. The van der Waals surface area contributed by atoms with Crippen LogP contribution in [0, 0.1) is 11.8 Å². The van der Waals surface area contributed by atoms with Gasteiger partial charge >= 0.3 is 5.97 Å². The molecule has 120 valence electrons. The van der Waals surface area contributed by atoms with Crippen LogP contribution in [0.5, 0.6) is 0 Å². The number of aliphatic carboxylic acids is 1. The van der Waals surface area contributed by atoms with Gasteiger partial charge in [0.25, 0.3) is 0 Å². The summed E-state index contributed by atoms with van der Waals surface area (Å²) in [7, 11) is 0. The minimum Gasteiger partial charge on any atom is -0.480 e. The van der Waals surface area contributed by atoms with Gasteiger partial charge in [-0.2, -0.15) is 0 Å². The molecular formula is C18H25NO3. The predicted molar refractivity (Wildman–Crippen MR) is 85.6 cm³/mol. The molecule has 0 saturated heterocycles. The summed E-state index contributed by atoms with van der Waals surface area (Å²) in [6.07, 6.45) is 4.04. The third kappa shape index (κ3) is 4.09. The lowest BCUT2D eigenvalue weighted by atomic mass is 9.82. The van der Waals surface area contributed by atoms with E-state index in [-0.39, 0.29) is 11.8 Å². The number of carboxylic acids is 1. The van der Waals surface area contributed by atoms with Gasteiger partial charge in [-0.25, -0.2) is 4.79 Å². The zero-order valence-electron chi connectivity index (χ0n) is 13.3. The summed E-state index contributed by atoms with van der Waals surface area (Å²) in [5.74, 6) is -0.844. The van der Waals surface area contributed by atoms with Gasteiger partial charge in [0.1, 0.15) is 6.04 Å². The highest BCUT2D eigenvalue weighted by Gasteiger charge is 2.27. The molecule has 1 aliphatic rings. The highest BCUT2D eigenvalue weighted by atomic mass is 16.4. The smallest absolute Gasteiger partial charge is 0.326 e. The summed E-state index contributed by atoms with van der Waals surface area (Å²) >= 11 is 0. The SMILES string of the molecule is CC[C@H](C)[C@H](NC(=O)CC1CCc2ccccc2C1)C(=O)O. The average molecular weight is 303 g/mol. The summed E-state index contributed by atoms with van der Waals surface area (Å²) in [4.78, 5) is 23.5. The molecule has 3 atom stereocenters. The van der Waals surface area contributed by atoms with E-state index < -0.39 is 12.0 Å². The molecule has 1 aliphatic carbocycles. The van der Waals surface area contributed by atoms with Crippen LogP contribution in [0.3, 0.4) is 0 Å². The van der Waals surface area contributed by atoms with Crippen LogP contribution in [0.1, 0.15) is 44.2 Å². The number of rotatable bonds is 6. The monoisotopic (exact) mass is 303 g/mol. The topological polar surface area (TPSA) is 66.4 Å². The third-order valence-corrected chi connectivity index (χ3v) is 4.72. The van der Waals surface area contributed by atoms with Crippen LogP contribution in [0.15, 0.2) is 24.3 Å². The molecule has 0 bridgehead atoms. The Kier molecular flexibility index (Phi) is 5.58. The van der Waals surface area contributed by atoms with Gasteiger partial charge in [-0.15, -0.1) is 0 Å². The first-order valence-corrected chi connectivity index (χ1v) is 8.10. The van der Waals surface area contributed by atoms with Crippen molar-refractivity contribution in [2.45, 2.75) is 52.0 Å². The Morgan fingerprint density at radius 1 is 1.32 bits per heavy atom. The number of fused-ring (bicyclic) bond motifs is 1. The zero-order valence-corrected chi connectivity index (χ0v) is 13.3. The van der Waals surface area contributed by atoms with Gasteiger partial charge in [-0.1, -0.05) is 44.5 Å². The Labute approximate surface area is 131 Å². The van der Waals surface area contributed by atoms with Crippen LogP contribution in [0.4, 0.5) is 0 Å². The lowest BCUT2D eigenvalue weighted by Crippen LogP contribution is -2.45. The minimum atomic E-state index is -0.948. The largest absolute Gasteiger partial charge is 0.480 e. The van der Waals surface area contributed by atoms with E-state index in [0.29, 0.717) is 12.3 Å². The Balaban J connectivity index is 1.91. The summed E-state index contributed by atoms with van der Waals surface area (Å²) in [5, 5.41) is 11.9. The van der Waals surface area contributed by atoms with Crippen LogP contribution in [-0.2, 0) is 22.4 Å². The van der Waals surface area contributed by atoms with Crippen LogP contribution in [0.25, 0.3) is 0 Å². The van der Waals surface area contributed by atoms with Crippen molar-refractivity contribution in [1.29, 1.82) is 0 Å². The summed E-state index contributed by atoms with van der Waals surface area (Å²) in [6.45, 7) is 3.79. The number of hydrogen-bond donors (Lipinski definition) is 2. The molecule has 0 heterocycles. The van der Waals surface area contributed by atoms with Gasteiger partial charge in [0.05, 0.1) is 0 Å². The fourth-order valence-corrected chi connectivity index (χ4v) is 3.13. The summed E-state index contributed by atoms with van der Waals surface area (Å²) in [6, 6.07) is 7.57. The minimum absolute atomic E-state index is 0.0615. The second-order valence-corrected chi connectivity index (χ2v) is 6.35. The number of carboxylic acid groups (broad SMARTS) is 1. The van der Waals surface area contributed by atoms with Crippen molar-refractivity contribution in [3.05, 3.63) is 35.4 Å². The third-order valence-electron chi connectivity index (χ3n) is 4.72. The van der Waals surface area contributed by atoms with Crippen molar-refractivity contribution in [2.24, 2.45) is 11.8 Å². The zero-order chi connectivity index (χ0) is 16.1. The van der Waals surface area contributed by atoms with Crippen molar-refractivity contribution in [3.63, 3.8) is 0 Å². The van der Waals surface area contributed by atoms with Crippen LogP contribution >= 0.6 is 0 Å². The van der Waals surface area contributed by atoms with Crippen molar-refractivity contribution < 1.29 is 14.7 Å². The van der Waals surface area contributed by atoms with Gasteiger partial charge in [0.2, 0.25) is 5.91 Å². The number of carbonyl (C=O) groups excluding carboxylic acids is 1. The molecule has 0 radical (unpaired) electrons. The molecule has 0 aromatic heterocycles. The molecule has 4 heteroatoms. The first-order valence-electron chi connectivity index (χ1n) is 8.10. The molecular weight excluding hydrogens is 278 g/mol. The second-order valence-electron chi connectivity index (χ2n) is 6.35. The van der Waals surface area contributed by atoms with E-state index in [1.165, 1.54) is 11.1 Å². The normalized spacial score (nSPS) is 19.8. The molecule has 1 unspecified atom stereocenters. The molecule has 0 fully saturated rings. The highest BCUT2D eigenvalue weighted by Crippen LogP contribution is 2.27. The Bertz CT molecular complexity index is 541. The molecule has 1 amide bonds. The van der Waals surface area contributed by atoms with E-state index in [9.17, 15) is 14.7 Å². The first-order chi connectivity index (χ1) is 10.5. The van der Waals surface area contributed by atoms with Gasteiger partial charge in [0.15, 0.2) is 0 Å². The van der Waals surface area contributed by atoms with Crippen LogP contribution < -0.4 is 5.32 Å². The molecule has 0 aliphatic heterocycles. The molecule has 2 rings (SSSR count). The Morgan fingerprint density at radius 2 is 2.00 bits per heavy atom. The maximum absolute atomic E-state index is 12.2. The number of nitrogens with one attached hydrogen (secondary N) is 1. The molecule has 0 saturated carbocycles. The fourth-order valence-electron chi connectivity index (χ4n) is 3.13. The van der Waals surface area contributed by atoms with E-state index in [0.717, 1.165) is 25.7 Å².